The van der Waals surface area contributed by atoms with E-state index in [2.05, 4.69) is 15.7 Å². The molecule has 1 aliphatic heterocycles. The largest absolute Gasteiger partial charge is 0.375 e. The van der Waals surface area contributed by atoms with Gasteiger partial charge in [-0.25, -0.2) is 4.98 Å². The lowest BCUT2D eigenvalue weighted by Crippen LogP contribution is -2.30. The van der Waals surface area contributed by atoms with Crippen molar-refractivity contribution in [3.05, 3.63) is 16.1 Å². The monoisotopic (exact) mass is 244 g/mol. The van der Waals surface area contributed by atoms with Crippen molar-refractivity contribution in [2.75, 3.05) is 24.7 Å². The van der Waals surface area contributed by atoms with E-state index in [-0.39, 0.29) is 0 Å². The van der Waals surface area contributed by atoms with Gasteiger partial charge < -0.3 is 10.1 Å². The molecule has 1 aromatic heterocycles. The SMILES string of the molecule is CCOCc1nc(C2CSCCN2)cs1. The molecule has 0 radical (unpaired) electrons. The summed E-state index contributed by atoms with van der Waals surface area (Å²) < 4.78 is 5.34. The Bertz CT molecular complexity index is 297. The number of rotatable bonds is 4. The van der Waals surface area contributed by atoms with Crippen LogP contribution in [0.25, 0.3) is 0 Å². The maximum atomic E-state index is 5.34. The highest BCUT2D eigenvalue weighted by Crippen LogP contribution is 2.23. The summed E-state index contributed by atoms with van der Waals surface area (Å²) in [5.74, 6) is 2.35. The van der Waals surface area contributed by atoms with Crippen LogP contribution in [0.15, 0.2) is 5.38 Å². The zero-order valence-corrected chi connectivity index (χ0v) is 10.5. The molecule has 2 rings (SSSR count). The van der Waals surface area contributed by atoms with E-state index in [0.717, 1.165) is 23.9 Å². The normalized spacial score (nSPS) is 21.8. The fourth-order valence-corrected chi connectivity index (χ4v) is 3.23. The van der Waals surface area contributed by atoms with Crippen LogP contribution in [0.4, 0.5) is 0 Å². The molecule has 0 spiro atoms. The van der Waals surface area contributed by atoms with Gasteiger partial charge in [-0.15, -0.1) is 11.3 Å². The predicted molar refractivity (Wildman–Crippen MR) is 65.5 cm³/mol. The first-order chi connectivity index (χ1) is 7.40. The lowest BCUT2D eigenvalue weighted by molar-refractivity contribution is 0.133. The maximum absolute atomic E-state index is 5.34. The zero-order valence-electron chi connectivity index (χ0n) is 8.86. The van der Waals surface area contributed by atoms with E-state index in [1.807, 2.05) is 18.7 Å². The molecule has 15 heavy (non-hydrogen) atoms. The standard InChI is InChI=1S/C10H16N2OS2/c1-2-13-5-10-12-9(7-15-10)8-6-14-4-3-11-8/h7-8,11H,2-6H2,1H3. The van der Waals surface area contributed by atoms with Crippen LogP contribution in [0.3, 0.4) is 0 Å². The van der Waals surface area contributed by atoms with Crippen molar-refractivity contribution in [3.8, 4) is 0 Å². The van der Waals surface area contributed by atoms with Gasteiger partial charge in [0.2, 0.25) is 0 Å². The summed E-state index contributed by atoms with van der Waals surface area (Å²) in [6.45, 7) is 4.51. The smallest absolute Gasteiger partial charge is 0.119 e. The molecule has 1 N–H and O–H groups in total. The third-order valence-corrected chi connectivity index (χ3v) is 4.18. The Labute approximate surface area is 98.6 Å². The van der Waals surface area contributed by atoms with Gasteiger partial charge in [0.05, 0.1) is 18.3 Å². The highest BCUT2D eigenvalue weighted by Gasteiger charge is 2.17. The molecule has 0 aromatic carbocycles. The number of hydrogen-bond donors (Lipinski definition) is 1. The van der Waals surface area contributed by atoms with E-state index in [1.165, 1.54) is 11.4 Å². The van der Waals surface area contributed by atoms with Gasteiger partial charge in [0.15, 0.2) is 0 Å². The van der Waals surface area contributed by atoms with Gasteiger partial charge in [0.1, 0.15) is 5.01 Å². The molecule has 2 heterocycles. The second-order valence-corrected chi connectivity index (χ2v) is 5.48. The van der Waals surface area contributed by atoms with Crippen molar-refractivity contribution in [2.45, 2.75) is 19.6 Å². The number of thioether (sulfide) groups is 1. The number of nitrogens with zero attached hydrogens (tertiary/aromatic N) is 1. The van der Waals surface area contributed by atoms with Gasteiger partial charge in [0, 0.05) is 30.0 Å². The molecule has 1 fully saturated rings. The molecule has 5 heteroatoms. The Morgan fingerprint density at radius 2 is 2.60 bits per heavy atom. The third kappa shape index (κ3) is 3.17. The minimum Gasteiger partial charge on any atom is -0.375 e. The summed E-state index contributed by atoms with van der Waals surface area (Å²) in [5.41, 5.74) is 1.18. The summed E-state index contributed by atoms with van der Waals surface area (Å²) in [6.07, 6.45) is 0. The van der Waals surface area contributed by atoms with Crippen LogP contribution in [-0.4, -0.2) is 29.6 Å². The van der Waals surface area contributed by atoms with Crippen molar-refractivity contribution in [3.63, 3.8) is 0 Å². The molecule has 0 aliphatic carbocycles. The average Bonchev–Trinajstić information content (AvgIpc) is 2.76. The lowest BCUT2D eigenvalue weighted by atomic mass is 10.2. The second kappa shape index (κ2) is 5.84. The third-order valence-electron chi connectivity index (χ3n) is 2.28. The summed E-state index contributed by atoms with van der Waals surface area (Å²) in [6, 6.07) is 0.440. The molecule has 84 valence electrons. The molecule has 1 unspecified atom stereocenters. The molecular weight excluding hydrogens is 228 g/mol. The van der Waals surface area contributed by atoms with E-state index in [1.54, 1.807) is 11.3 Å². The van der Waals surface area contributed by atoms with Crippen LogP contribution in [0.5, 0.6) is 0 Å². The van der Waals surface area contributed by atoms with Gasteiger partial charge in [-0.1, -0.05) is 0 Å². The fourth-order valence-electron chi connectivity index (χ4n) is 1.50. The molecule has 0 amide bonds. The maximum Gasteiger partial charge on any atom is 0.119 e. The summed E-state index contributed by atoms with van der Waals surface area (Å²) in [7, 11) is 0. The number of thiazole rings is 1. The van der Waals surface area contributed by atoms with Crippen molar-refractivity contribution < 1.29 is 4.74 Å². The molecule has 1 aromatic rings. The molecule has 1 aliphatic rings. The van der Waals surface area contributed by atoms with E-state index < -0.39 is 0 Å². The summed E-state index contributed by atoms with van der Waals surface area (Å²) in [4.78, 5) is 4.59. The second-order valence-electron chi connectivity index (χ2n) is 3.38. The number of hydrogen-bond acceptors (Lipinski definition) is 5. The minimum absolute atomic E-state index is 0.440. The minimum atomic E-state index is 0.440. The van der Waals surface area contributed by atoms with E-state index in [4.69, 9.17) is 4.74 Å². The number of aromatic nitrogens is 1. The first kappa shape index (κ1) is 11.4. The molecular formula is C10H16N2OS2. The molecule has 1 saturated heterocycles. The van der Waals surface area contributed by atoms with Gasteiger partial charge in [-0.3, -0.25) is 0 Å². The Kier molecular flexibility index (Phi) is 4.43. The van der Waals surface area contributed by atoms with Crippen LogP contribution in [-0.2, 0) is 11.3 Å². The van der Waals surface area contributed by atoms with Crippen molar-refractivity contribution in [1.82, 2.24) is 10.3 Å². The van der Waals surface area contributed by atoms with Crippen LogP contribution >= 0.6 is 23.1 Å². The summed E-state index contributed by atoms with van der Waals surface area (Å²) >= 11 is 3.69. The van der Waals surface area contributed by atoms with Crippen molar-refractivity contribution in [1.29, 1.82) is 0 Å². The van der Waals surface area contributed by atoms with Crippen LogP contribution in [0.2, 0.25) is 0 Å². The molecule has 0 saturated carbocycles. The lowest BCUT2D eigenvalue weighted by Gasteiger charge is -2.21. The van der Waals surface area contributed by atoms with Crippen LogP contribution < -0.4 is 5.32 Å². The first-order valence-corrected chi connectivity index (χ1v) is 7.26. The van der Waals surface area contributed by atoms with Crippen molar-refractivity contribution in [2.24, 2.45) is 0 Å². The van der Waals surface area contributed by atoms with Gasteiger partial charge in [-0.2, -0.15) is 11.8 Å². The number of ether oxygens (including phenoxy) is 1. The Balaban J connectivity index is 1.93. The molecule has 3 nitrogen and oxygen atoms in total. The fraction of sp³-hybridized carbons (Fsp3) is 0.700. The average molecular weight is 244 g/mol. The van der Waals surface area contributed by atoms with E-state index >= 15 is 0 Å². The van der Waals surface area contributed by atoms with Gasteiger partial charge in [-0.05, 0) is 6.92 Å². The number of nitrogens with one attached hydrogen (secondary N) is 1. The summed E-state index contributed by atoms with van der Waals surface area (Å²) in [5, 5.41) is 6.73. The Morgan fingerprint density at radius 1 is 1.67 bits per heavy atom. The van der Waals surface area contributed by atoms with Gasteiger partial charge >= 0.3 is 0 Å². The predicted octanol–water partition coefficient (Wildman–Crippen LogP) is 2.06. The van der Waals surface area contributed by atoms with Crippen LogP contribution in [0, 0.1) is 0 Å². The molecule has 0 bridgehead atoms. The first-order valence-electron chi connectivity index (χ1n) is 5.23. The topological polar surface area (TPSA) is 34.1 Å². The van der Waals surface area contributed by atoms with E-state index in [0.29, 0.717) is 12.6 Å². The zero-order chi connectivity index (χ0) is 10.5. The highest BCUT2D eigenvalue weighted by atomic mass is 32.2. The van der Waals surface area contributed by atoms with Crippen molar-refractivity contribution >= 4 is 23.1 Å². The Morgan fingerprint density at radius 3 is 3.33 bits per heavy atom. The quantitative estimate of drug-likeness (QED) is 0.879. The van der Waals surface area contributed by atoms with E-state index in [9.17, 15) is 0 Å². The van der Waals surface area contributed by atoms with Gasteiger partial charge in [0.25, 0.3) is 0 Å². The highest BCUT2D eigenvalue weighted by molar-refractivity contribution is 7.99. The molecule has 1 atom stereocenters. The Hall–Kier alpha value is -0.100. The van der Waals surface area contributed by atoms with Crippen LogP contribution in [0.1, 0.15) is 23.7 Å².